The maximum atomic E-state index is 12.5. The predicted molar refractivity (Wildman–Crippen MR) is 92.9 cm³/mol. The summed E-state index contributed by atoms with van der Waals surface area (Å²) in [4.78, 5) is 23.4. The van der Waals surface area contributed by atoms with Gasteiger partial charge in [-0.2, -0.15) is 5.26 Å². The van der Waals surface area contributed by atoms with Crippen molar-refractivity contribution in [3.8, 4) is 6.07 Å². The third-order valence-electron chi connectivity index (χ3n) is 4.99. The van der Waals surface area contributed by atoms with Crippen LogP contribution in [0.2, 0.25) is 0 Å². The lowest BCUT2D eigenvalue weighted by atomic mass is 10.0. The third kappa shape index (κ3) is 3.05. The number of anilines is 2. The summed E-state index contributed by atoms with van der Waals surface area (Å²) in [5, 5.41) is 12.1. The standard InChI is InChI=1S/C19H19N5O/c1-19(6-7-19)17(25)24-8-5-16-14(12-24)11-21-18(23-16)22-15-4-2-3-13(9-15)10-20/h2-4,9,11H,5-8,12H2,1H3,(H,21,22,23). The number of amides is 1. The second kappa shape index (κ2) is 5.85. The first-order chi connectivity index (χ1) is 12.1. The summed E-state index contributed by atoms with van der Waals surface area (Å²) in [7, 11) is 0. The van der Waals surface area contributed by atoms with Crippen LogP contribution in [0.25, 0.3) is 0 Å². The summed E-state index contributed by atoms with van der Waals surface area (Å²) in [6, 6.07) is 9.33. The van der Waals surface area contributed by atoms with E-state index in [2.05, 4.69) is 21.4 Å². The highest BCUT2D eigenvalue weighted by Crippen LogP contribution is 2.47. The van der Waals surface area contributed by atoms with Gasteiger partial charge < -0.3 is 10.2 Å². The van der Waals surface area contributed by atoms with Crippen molar-refractivity contribution in [2.45, 2.75) is 32.7 Å². The van der Waals surface area contributed by atoms with E-state index in [9.17, 15) is 4.79 Å². The number of nitrogens with one attached hydrogen (secondary N) is 1. The van der Waals surface area contributed by atoms with Gasteiger partial charge in [-0.1, -0.05) is 13.0 Å². The summed E-state index contributed by atoms with van der Waals surface area (Å²) in [6.45, 7) is 3.35. The number of hydrogen-bond acceptors (Lipinski definition) is 5. The Hall–Kier alpha value is -2.94. The van der Waals surface area contributed by atoms with Crippen LogP contribution in [0.15, 0.2) is 30.5 Å². The average Bonchev–Trinajstić information content (AvgIpc) is 3.39. The number of benzene rings is 1. The summed E-state index contributed by atoms with van der Waals surface area (Å²) < 4.78 is 0. The molecule has 1 aromatic carbocycles. The van der Waals surface area contributed by atoms with Crippen LogP contribution in [-0.4, -0.2) is 27.3 Å². The molecule has 0 radical (unpaired) electrons. The lowest BCUT2D eigenvalue weighted by Gasteiger charge is -2.30. The molecule has 1 amide bonds. The fourth-order valence-electron chi connectivity index (χ4n) is 3.13. The number of nitrogens with zero attached hydrogens (tertiary/aromatic N) is 4. The van der Waals surface area contributed by atoms with Gasteiger partial charge in [0, 0.05) is 42.4 Å². The molecular weight excluding hydrogens is 314 g/mol. The number of carbonyl (C=O) groups is 1. The number of nitriles is 1. The molecule has 1 aliphatic carbocycles. The highest BCUT2D eigenvalue weighted by molar-refractivity contribution is 5.85. The SMILES string of the molecule is CC1(C(=O)N2CCc3nc(Nc4cccc(C#N)c4)ncc3C2)CC1. The Morgan fingerprint density at radius 3 is 3.00 bits per heavy atom. The van der Waals surface area contributed by atoms with E-state index in [-0.39, 0.29) is 11.3 Å². The zero-order valence-electron chi connectivity index (χ0n) is 14.1. The highest BCUT2D eigenvalue weighted by Gasteiger charge is 2.47. The van der Waals surface area contributed by atoms with Crippen molar-refractivity contribution >= 4 is 17.5 Å². The van der Waals surface area contributed by atoms with Gasteiger partial charge >= 0.3 is 0 Å². The lowest BCUT2D eigenvalue weighted by Crippen LogP contribution is -2.40. The van der Waals surface area contributed by atoms with Gasteiger partial charge in [0.05, 0.1) is 17.3 Å². The predicted octanol–water partition coefficient (Wildman–Crippen LogP) is 2.78. The van der Waals surface area contributed by atoms with Gasteiger partial charge in [0.25, 0.3) is 0 Å². The van der Waals surface area contributed by atoms with Crippen LogP contribution in [0, 0.1) is 16.7 Å². The van der Waals surface area contributed by atoms with E-state index in [0.29, 0.717) is 24.6 Å². The minimum absolute atomic E-state index is 0.133. The normalized spacial score (nSPS) is 17.4. The van der Waals surface area contributed by atoms with Crippen molar-refractivity contribution in [2.24, 2.45) is 5.41 Å². The molecular formula is C19H19N5O. The van der Waals surface area contributed by atoms with Crippen LogP contribution < -0.4 is 5.32 Å². The Bertz CT molecular complexity index is 882. The van der Waals surface area contributed by atoms with Crippen molar-refractivity contribution in [1.82, 2.24) is 14.9 Å². The fourth-order valence-corrected chi connectivity index (χ4v) is 3.13. The number of hydrogen-bond donors (Lipinski definition) is 1. The first-order valence-electron chi connectivity index (χ1n) is 8.49. The molecule has 6 heteroatoms. The van der Waals surface area contributed by atoms with Crippen LogP contribution in [0.1, 0.15) is 36.6 Å². The average molecular weight is 333 g/mol. The summed E-state index contributed by atoms with van der Waals surface area (Å²) in [5.41, 5.74) is 3.24. The quantitative estimate of drug-likeness (QED) is 0.934. The first-order valence-corrected chi connectivity index (χ1v) is 8.49. The van der Waals surface area contributed by atoms with E-state index in [1.165, 1.54) is 0 Å². The molecule has 0 unspecified atom stereocenters. The van der Waals surface area contributed by atoms with Gasteiger partial charge in [0.2, 0.25) is 11.9 Å². The largest absolute Gasteiger partial charge is 0.337 e. The molecule has 2 aliphatic rings. The molecule has 1 fully saturated rings. The number of aromatic nitrogens is 2. The zero-order valence-corrected chi connectivity index (χ0v) is 14.1. The highest BCUT2D eigenvalue weighted by atomic mass is 16.2. The third-order valence-corrected chi connectivity index (χ3v) is 4.99. The van der Waals surface area contributed by atoms with Crippen LogP contribution in [0.3, 0.4) is 0 Å². The van der Waals surface area contributed by atoms with Gasteiger partial charge in [-0.3, -0.25) is 4.79 Å². The van der Waals surface area contributed by atoms with E-state index in [0.717, 1.165) is 36.2 Å². The van der Waals surface area contributed by atoms with Crippen molar-refractivity contribution in [3.63, 3.8) is 0 Å². The molecule has 1 aromatic heterocycles. The summed E-state index contributed by atoms with van der Waals surface area (Å²) in [6.07, 6.45) is 4.53. The molecule has 2 aromatic rings. The van der Waals surface area contributed by atoms with E-state index in [1.54, 1.807) is 18.3 Å². The molecule has 1 N–H and O–H groups in total. The first kappa shape index (κ1) is 15.6. The van der Waals surface area contributed by atoms with E-state index in [4.69, 9.17) is 5.26 Å². The van der Waals surface area contributed by atoms with Crippen molar-refractivity contribution in [2.75, 3.05) is 11.9 Å². The number of carbonyl (C=O) groups excluding carboxylic acids is 1. The second-order valence-electron chi connectivity index (χ2n) is 7.02. The zero-order chi connectivity index (χ0) is 17.4. The molecule has 1 aliphatic heterocycles. The number of fused-ring (bicyclic) bond motifs is 1. The maximum Gasteiger partial charge on any atom is 0.228 e. The van der Waals surface area contributed by atoms with Gasteiger partial charge in [0.1, 0.15) is 0 Å². The molecule has 1 saturated carbocycles. The minimum Gasteiger partial charge on any atom is -0.337 e. The van der Waals surface area contributed by atoms with E-state index < -0.39 is 0 Å². The van der Waals surface area contributed by atoms with Gasteiger partial charge in [-0.05, 0) is 31.0 Å². The van der Waals surface area contributed by atoms with Crippen molar-refractivity contribution in [1.29, 1.82) is 5.26 Å². The maximum absolute atomic E-state index is 12.5. The molecule has 0 spiro atoms. The molecule has 2 heterocycles. The van der Waals surface area contributed by atoms with Gasteiger partial charge in [0.15, 0.2) is 0 Å². The van der Waals surface area contributed by atoms with Crippen LogP contribution in [0.4, 0.5) is 11.6 Å². The Balaban J connectivity index is 1.50. The second-order valence-corrected chi connectivity index (χ2v) is 7.02. The smallest absolute Gasteiger partial charge is 0.228 e. The molecule has 6 nitrogen and oxygen atoms in total. The van der Waals surface area contributed by atoms with Gasteiger partial charge in [-0.25, -0.2) is 9.97 Å². The Morgan fingerprint density at radius 2 is 2.24 bits per heavy atom. The molecule has 0 saturated heterocycles. The Morgan fingerprint density at radius 1 is 1.40 bits per heavy atom. The number of rotatable bonds is 3. The molecule has 0 atom stereocenters. The van der Waals surface area contributed by atoms with Crippen LogP contribution >= 0.6 is 0 Å². The molecule has 25 heavy (non-hydrogen) atoms. The topological polar surface area (TPSA) is 81.9 Å². The summed E-state index contributed by atoms with van der Waals surface area (Å²) >= 11 is 0. The van der Waals surface area contributed by atoms with E-state index >= 15 is 0 Å². The van der Waals surface area contributed by atoms with Crippen molar-refractivity contribution in [3.05, 3.63) is 47.3 Å². The summed E-state index contributed by atoms with van der Waals surface area (Å²) in [5.74, 6) is 0.774. The van der Waals surface area contributed by atoms with Crippen LogP contribution in [0.5, 0.6) is 0 Å². The molecule has 4 rings (SSSR count). The fraction of sp³-hybridized carbons (Fsp3) is 0.368. The van der Waals surface area contributed by atoms with Gasteiger partial charge in [-0.15, -0.1) is 0 Å². The Labute approximate surface area is 146 Å². The van der Waals surface area contributed by atoms with Crippen molar-refractivity contribution < 1.29 is 4.79 Å². The van der Waals surface area contributed by atoms with E-state index in [1.807, 2.05) is 24.0 Å². The molecule has 126 valence electrons. The monoisotopic (exact) mass is 333 g/mol. The molecule has 0 bridgehead atoms. The minimum atomic E-state index is -0.133. The Kier molecular flexibility index (Phi) is 3.65. The van der Waals surface area contributed by atoms with Crippen LogP contribution in [-0.2, 0) is 17.8 Å². The lowest BCUT2D eigenvalue weighted by molar-refractivity contribution is -0.137.